The molecule has 0 aliphatic heterocycles. The molecule has 0 aromatic carbocycles. The molecule has 0 unspecified atom stereocenters. The van der Waals surface area contributed by atoms with Crippen LogP contribution in [0.15, 0.2) is 6.20 Å². The minimum Gasteiger partial charge on any atom is -0.348 e. The van der Waals surface area contributed by atoms with Crippen molar-refractivity contribution >= 4 is 12.0 Å². The Hall–Kier alpha value is -1.72. The summed E-state index contributed by atoms with van der Waals surface area (Å²) >= 11 is 0. The number of hydrogen-bond acceptors (Lipinski definition) is 3. The smallest absolute Gasteiger partial charge is 0.315 e. The van der Waals surface area contributed by atoms with E-state index in [4.69, 9.17) is 0 Å². The lowest BCUT2D eigenvalue weighted by molar-refractivity contribution is 0.126. The Bertz CT molecular complexity index is 485. The molecule has 2 rings (SSSR count). The first-order chi connectivity index (χ1) is 9.97. The van der Waals surface area contributed by atoms with Crippen molar-refractivity contribution in [2.24, 2.45) is 12.5 Å². The number of carbonyl (C=O) groups is 1. The van der Waals surface area contributed by atoms with Gasteiger partial charge in [-0.1, -0.05) is 13.3 Å². The van der Waals surface area contributed by atoms with E-state index < -0.39 is 0 Å². The lowest BCUT2D eigenvalue weighted by Gasteiger charge is -2.41. The van der Waals surface area contributed by atoms with Crippen LogP contribution in [0.3, 0.4) is 0 Å². The molecule has 2 amide bonds. The van der Waals surface area contributed by atoms with Crippen molar-refractivity contribution in [3.05, 3.63) is 11.9 Å². The molecule has 2 N–H and O–H groups in total. The maximum atomic E-state index is 11.9. The quantitative estimate of drug-likeness (QED) is 0.841. The zero-order valence-electron chi connectivity index (χ0n) is 13.6. The largest absolute Gasteiger partial charge is 0.348 e. The van der Waals surface area contributed by atoms with Crippen LogP contribution in [0.5, 0.6) is 0 Å². The fourth-order valence-electron chi connectivity index (χ4n) is 2.85. The van der Waals surface area contributed by atoms with Gasteiger partial charge in [0.2, 0.25) is 5.95 Å². The third-order valence-electron chi connectivity index (χ3n) is 4.68. The Kier molecular flexibility index (Phi) is 4.75. The molecule has 0 radical (unpaired) electrons. The highest BCUT2D eigenvalue weighted by molar-refractivity contribution is 5.73. The molecule has 118 valence electrons. The first-order valence-electron chi connectivity index (χ1n) is 7.67. The average Bonchev–Trinajstić information content (AvgIpc) is 2.77. The number of carbonyl (C=O) groups excluding carboxylic acids is 1. The van der Waals surface area contributed by atoms with Crippen LogP contribution in [0, 0.1) is 5.41 Å². The molecule has 1 aromatic heterocycles. The molecule has 1 heterocycles. The van der Waals surface area contributed by atoms with Gasteiger partial charge >= 0.3 is 6.03 Å². The monoisotopic (exact) mass is 293 g/mol. The van der Waals surface area contributed by atoms with Crippen LogP contribution in [0.1, 0.15) is 38.3 Å². The third kappa shape index (κ3) is 3.49. The molecule has 21 heavy (non-hydrogen) atoms. The van der Waals surface area contributed by atoms with E-state index in [9.17, 15) is 4.79 Å². The minimum absolute atomic E-state index is 0.0951. The fraction of sp³-hybridized carbons (Fsp3) is 0.733. The Balaban J connectivity index is 1.79. The molecule has 1 aliphatic rings. The summed E-state index contributed by atoms with van der Waals surface area (Å²) in [5, 5.41) is 5.91. The normalized spacial score (nSPS) is 16.2. The van der Waals surface area contributed by atoms with Crippen molar-refractivity contribution in [1.29, 1.82) is 0 Å². The maximum Gasteiger partial charge on any atom is 0.315 e. The number of hydrogen-bond donors (Lipinski definition) is 2. The van der Waals surface area contributed by atoms with Crippen molar-refractivity contribution in [3.8, 4) is 0 Å². The predicted molar refractivity (Wildman–Crippen MR) is 84.3 cm³/mol. The first-order valence-corrected chi connectivity index (χ1v) is 7.67. The number of rotatable bonds is 6. The van der Waals surface area contributed by atoms with Crippen molar-refractivity contribution in [3.63, 3.8) is 0 Å². The van der Waals surface area contributed by atoms with Crippen molar-refractivity contribution in [2.45, 2.75) is 39.2 Å². The number of anilines is 1. The van der Waals surface area contributed by atoms with Gasteiger partial charge in [0.05, 0.1) is 18.4 Å². The Labute approximate surface area is 126 Å². The van der Waals surface area contributed by atoms with Gasteiger partial charge in [0.15, 0.2) is 0 Å². The van der Waals surface area contributed by atoms with Crippen LogP contribution in [0.2, 0.25) is 0 Å². The summed E-state index contributed by atoms with van der Waals surface area (Å²) in [5.74, 6) is 0.881. The summed E-state index contributed by atoms with van der Waals surface area (Å²) in [4.78, 5) is 18.2. The molecule has 6 heteroatoms. The summed E-state index contributed by atoms with van der Waals surface area (Å²) in [6.07, 6.45) is 6.70. The van der Waals surface area contributed by atoms with Gasteiger partial charge < -0.3 is 20.1 Å². The number of imidazole rings is 1. The summed E-state index contributed by atoms with van der Waals surface area (Å²) in [5.41, 5.74) is 1.34. The van der Waals surface area contributed by atoms with E-state index in [0.29, 0.717) is 12.0 Å². The van der Waals surface area contributed by atoms with Gasteiger partial charge in [-0.15, -0.1) is 0 Å². The van der Waals surface area contributed by atoms with E-state index in [1.54, 1.807) is 6.20 Å². The highest BCUT2D eigenvalue weighted by Gasteiger charge is 2.35. The van der Waals surface area contributed by atoms with E-state index in [1.807, 2.05) is 30.6 Å². The first kappa shape index (κ1) is 15.7. The van der Waals surface area contributed by atoms with Crippen LogP contribution in [0.4, 0.5) is 10.7 Å². The Morgan fingerprint density at radius 2 is 2.14 bits per heavy atom. The number of aromatic nitrogens is 2. The van der Waals surface area contributed by atoms with Crippen LogP contribution < -0.4 is 15.5 Å². The molecule has 1 saturated carbocycles. The molecular formula is C15H27N5O. The number of urea groups is 1. The van der Waals surface area contributed by atoms with Gasteiger partial charge in [-0.05, 0) is 24.7 Å². The molecule has 0 spiro atoms. The maximum absolute atomic E-state index is 11.9. The standard InChI is InChI=1S/C15H27N5O/c1-5-15(7-6-8-15)11-18-13(21)16-9-12-10-17-14(19(2)3)20(12)4/h10H,5-9,11H2,1-4H3,(H2,16,18,21). The van der Waals surface area contributed by atoms with Crippen molar-refractivity contribution in [1.82, 2.24) is 20.2 Å². The molecule has 0 atom stereocenters. The zero-order valence-corrected chi connectivity index (χ0v) is 13.6. The summed E-state index contributed by atoms with van der Waals surface area (Å²) in [6, 6.07) is -0.0951. The van der Waals surface area contributed by atoms with Gasteiger partial charge in [-0.2, -0.15) is 0 Å². The van der Waals surface area contributed by atoms with E-state index >= 15 is 0 Å². The molecule has 1 aliphatic carbocycles. The Morgan fingerprint density at radius 1 is 1.43 bits per heavy atom. The van der Waals surface area contributed by atoms with Gasteiger partial charge in [-0.25, -0.2) is 9.78 Å². The minimum atomic E-state index is -0.0951. The predicted octanol–water partition coefficient (Wildman–Crippen LogP) is 1.87. The molecule has 1 aromatic rings. The molecule has 0 saturated heterocycles. The lowest BCUT2D eigenvalue weighted by atomic mass is 9.67. The zero-order chi connectivity index (χ0) is 15.5. The summed E-state index contributed by atoms with van der Waals surface area (Å²) in [7, 11) is 5.86. The highest BCUT2D eigenvalue weighted by atomic mass is 16.2. The molecule has 6 nitrogen and oxygen atoms in total. The topological polar surface area (TPSA) is 62.2 Å². The van der Waals surface area contributed by atoms with Crippen LogP contribution in [-0.2, 0) is 13.6 Å². The molecule has 0 bridgehead atoms. The van der Waals surface area contributed by atoms with Crippen LogP contribution in [0.25, 0.3) is 0 Å². The van der Waals surface area contributed by atoms with E-state index in [1.165, 1.54) is 19.3 Å². The highest BCUT2D eigenvalue weighted by Crippen LogP contribution is 2.42. The van der Waals surface area contributed by atoms with Gasteiger partial charge in [-0.3, -0.25) is 0 Å². The van der Waals surface area contributed by atoms with Crippen LogP contribution in [-0.4, -0.2) is 36.2 Å². The molecule has 1 fully saturated rings. The molecular weight excluding hydrogens is 266 g/mol. The van der Waals surface area contributed by atoms with Gasteiger partial charge in [0.1, 0.15) is 0 Å². The number of nitrogens with zero attached hydrogens (tertiary/aromatic N) is 3. The second kappa shape index (κ2) is 6.37. The van der Waals surface area contributed by atoms with Crippen molar-refractivity contribution < 1.29 is 4.79 Å². The van der Waals surface area contributed by atoms with Crippen molar-refractivity contribution in [2.75, 3.05) is 25.5 Å². The SMILES string of the molecule is CCC1(CNC(=O)NCc2cnc(N(C)C)n2C)CCC1. The number of amides is 2. The van der Waals surface area contributed by atoms with E-state index in [0.717, 1.165) is 24.6 Å². The second-order valence-electron chi connectivity index (χ2n) is 6.25. The van der Waals surface area contributed by atoms with E-state index in [2.05, 4.69) is 22.5 Å². The Morgan fingerprint density at radius 3 is 2.62 bits per heavy atom. The van der Waals surface area contributed by atoms with Gasteiger partial charge in [0.25, 0.3) is 0 Å². The summed E-state index contributed by atoms with van der Waals surface area (Å²) in [6.45, 7) is 3.48. The fourth-order valence-corrected chi connectivity index (χ4v) is 2.85. The third-order valence-corrected chi connectivity index (χ3v) is 4.68. The van der Waals surface area contributed by atoms with Crippen LogP contribution >= 0.6 is 0 Å². The average molecular weight is 293 g/mol. The second-order valence-corrected chi connectivity index (χ2v) is 6.25. The number of nitrogens with one attached hydrogen (secondary N) is 2. The van der Waals surface area contributed by atoms with Gasteiger partial charge in [0, 0.05) is 27.7 Å². The van der Waals surface area contributed by atoms with E-state index in [-0.39, 0.29) is 6.03 Å². The summed E-state index contributed by atoms with van der Waals surface area (Å²) < 4.78 is 1.99. The lowest BCUT2D eigenvalue weighted by Crippen LogP contribution is -2.45.